The summed E-state index contributed by atoms with van der Waals surface area (Å²) in [7, 11) is 0. The van der Waals surface area contributed by atoms with Crippen molar-refractivity contribution in [3.8, 4) is 0 Å². The quantitative estimate of drug-likeness (QED) is 0.357. The highest BCUT2D eigenvalue weighted by atomic mass is 35.5. The fraction of sp³-hybridized carbons (Fsp3) is 0.269. The number of nitrogens with zero attached hydrogens (tertiary/aromatic N) is 1. The van der Waals surface area contributed by atoms with E-state index in [2.05, 4.69) is 0 Å². The van der Waals surface area contributed by atoms with E-state index in [4.69, 9.17) is 27.9 Å². The van der Waals surface area contributed by atoms with E-state index in [1.54, 1.807) is 54.6 Å². The molecule has 2 aliphatic rings. The highest BCUT2D eigenvalue weighted by Crippen LogP contribution is 2.58. The van der Waals surface area contributed by atoms with Gasteiger partial charge in [-0.2, -0.15) is 13.2 Å². The van der Waals surface area contributed by atoms with Gasteiger partial charge in [-0.05, 0) is 29.2 Å². The number of hydrogen-bond donors (Lipinski definition) is 0. The van der Waals surface area contributed by atoms with Crippen molar-refractivity contribution in [2.45, 2.75) is 36.8 Å². The fourth-order valence-corrected chi connectivity index (χ4v) is 4.87. The summed E-state index contributed by atoms with van der Waals surface area (Å²) in [5.74, 6) is -0.557. The Morgan fingerprint density at radius 3 is 2.09 bits per heavy atom. The van der Waals surface area contributed by atoms with Crippen molar-refractivity contribution in [1.29, 1.82) is 0 Å². The number of rotatable bonds is 3. The molecule has 0 aliphatic carbocycles. The maximum absolute atomic E-state index is 14.3. The Morgan fingerprint density at radius 1 is 0.912 bits per heavy atom. The van der Waals surface area contributed by atoms with Crippen molar-refractivity contribution in [1.82, 2.24) is 0 Å². The van der Waals surface area contributed by atoms with Crippen LogP contribution in [-0.4, -0.2) is 23.5 Å². The Kier molecular flexibility index (Phi) is 7.22. The average Bonchev–Trinajstić information content (AvgIpc) is 3.35. The number of carbonyl (C=O) groups is 1. The van der Waals surface area contributed by atoms with Gasteiger partial charge in [0, 0.05) is 5.69 Å². The first kappa shape index (κ1) is 24.6. The first-order valence-electron chi connectivity index (χ1n) is 10.7. The van der Waals surface area contributed by atoms with Gasteiger partial charge in [-0.1, -0.05) is 78.9 Å². The van der Waals surface area contributed by atoms with Crippen molar-refractivity contribution >= 4 is 34.8 Å². The zero-order chi connectivity index (χ0) is 24.3. The largest absolute Gasteiger partial charge is 0.416 e. The molecule has 0 N–H and O–H groups in total. The van der Waals surface area contributed by atoms with Gasteiger partial charge >= 0.3 is 6.18 Å². The first-order valence-corrected chi connectivity index (χ1v) is 11.7. The zero-order valence-electron chi connectivity index (χ0n) is 18.0. The van der Waals surface area contributed by atoms with Crippen molar-refractivity contribution in [2.24, 2.45) is 0 Å². The minimum atomic E-state index is -4.69. The van der Waals surface area contributed by atoms with Gasteiger partial charge in [-0.3, -0.25) is 4.79 Å². The summed E-state index contributed by atoms with van der Waals surface area (Å²) in [6.07, 6.45) is -7.77. The summed E-state index contributed by atoms with van der Waals surface area (Å²) >= 11 is 9.53. The molecular weight excluding hydrogens is 486 g/mol. The molecule has 0 saturated carbocycles. The van der Waals surface area contributed by atoms with E-state index < -0.39 is 29.7 Å². The molecule has 0 bridgehead atoms. The van der Waals surface area contributed by atoms with Crippen LogP contribution in [0.3, 0.4) is 0 Å². The van der Waals surface area contributed by atoms with Gasteiger partial charge in [0.15, 0.2) is 6.10 Å². The molecule has 2 heterocycles. The predicted molar refractivity (Wildman–Crippen MR) is 127 cm³/mol. The predicted octanol–water partition coefficient (Wildman–Crippen LogP) is 6.99. The molecule has 8 heteroatoms. The van der Waals surface area contributed by atoms with Crippen molar-refractivity contribution in [2.75, 3.05) is 10.2 Å². The van der Waals surface area contributed by atoms with Gasteiger partial charge in [0.25, 0.3) is 0 Å². The third-order valence-electron chi connectivity index (χ3n) is 6.21. The van der Waals surface area contributed by atoms with Crippen LogP contribution in [0.4, 0.5) is 18.9 Å². The van der Waals surface area contributed by atoms with Crippen LogP contribution in [0.25, 0.3) is 0 Å². The summed E-state index contributed by atoms with van der Waals surface area (Å²) in [6, 6.07) is 24.9. The molecule has 0 aromatic heterocycles. The lowest BCUT2D eigenvalue weighted by Crippen LogP contribution is -2.51. The molecule has 5 rings (SSSR count). The van der Waals surface area contributed by atoms with Crippen LogP contribution in [0.15, 0.2) is 84.9 Å². The Labute approximate surface area is 206 Å². The van der Waals surface area contributed by atoms with Gasteiger partial charge in [-0.25, -0.2) is 0 Å². The Bertz CT molecular complexity index is 1130. The SMILES string of the molecule is ClCCl.O=C1N(Cc2ccccc2)c2ccccc2[C@]12C[C@@H](c1ccccc1)O[C@H]2C(F)(F)F. The third-order valence-corrected chi connectivity index (χ3v) is 6.21. The molecule has 2 aliphatic heterocycles. The molecule has 1 spiro atoms. The number of alkyl halides is 5. The molecule has 0 unspecified atom stereocenters. The lowest BCUT2D eigenvalue weighted by atomic mass is 9.73. The van der Waals surface area contributed by atoms with Crippen LogP contribution in [0.2, 0.25) is 0 Å². The average molecular weight is 508 g/mol. The number of para-hydroxylation sites is 1. The maximum atomic E-state index is 14.3. The Hall–Kier alpha value is -2.54. The molecule has 3 aromatic rings. The number of fused-ring (bicyclic) bond motifs is 2. The highest BCUT2D eigenvalue weighted by molar-refractivity contribution is 6.40. The van der Waals surface area contributed by atoms with E-state index in [1.165, 1.54) is 4.90 Å². The van der Waals surface area contributed by atoms with Crippen molar-refractivity contribution in [3.63, 3.8) is 0 Å². The zero-order valence-corrected chi connectivity index (χ0v) is 19.5. The minimum Gasteiger partial charge on any atom is -0.359 e. The van der Waals surface area contributed by atoms with Crippen molar-refractivity contribution < 1.29 is 22.7 Å². The molecule has 1 amide bonds. The second-order valence-corrected chi connectivity index (χ2v) is 8.94. The topological polar surface area (TPSA) is 29.5 Å². The van der Waals surface area contributed by atoms with E-state index in [1.807, 2.05) is 30.3 Å². The van der Waals surface area contributed by atoms with Gasteiger partial charge in [0.2, 0.25) is 5.91 Å². The molecule has 1 saturated heterocycles. The van der Waals surface area contributed by atoms with Gasteiger partial charge in [0.1, 0.15) is 5.41 Å². The smallest absolute Gasteiger partial charge is 0.359 e. The van der Waals surface area contributed by atoms with Crippen LogP contribution in [0.1, 0.15) is 29.2 Å². The van der Waals surface area contributed by atoms with Crippen molar-refractivity contribution in [3.05, 3.63) is 102 Å². The van der Waals surface area contributed by atoms with E-state index in [0.29, 0.717) is 16.8 Å². The van der Waals surface area contributed by atoms with Crippen LogP contribution in [0, 0.1) is 0 Å². The number of halogens is 5. The molecule has 1 fully saturated rings. The molecule has 0 radical (unpaired) electrons. The number of carbonyl (C=O) groups excluding carboxylic acids is 1. The van der Waals surface area contributed by atoms with Crippen LogP contribution >= 0.6 is 23.2 Å². The minimum absolute atomic E-state index is 0.0532. The second kappa shape index (κ2) is 9.98. The summed E-state index contributed by atoms with van der Waals surface area (Å²) in [6.45, 7) is 0.207. The maximum Gasteiger partial charge on any atom is 0.416 e. The third kappa shape index (κ3) is 4.42. The van der Waals surface area contributed by atoms with E-state index >= 15 is 0 Å². The number of hydrogen-bond acceptors (Lipinski definition) is 2. The number of anilines is 1. The summed E-state index contributed by atoms with van der Waals surface area (Å²) < 4.78 is 48.4. The van der Waals surface area contributed by atoms with E-state index in [0.717, 1.165) is 5.56 Å². The second-order valence-electron chi connectivity index (χ2n) is 8.13. The fourth-order valence-electron chi connectivity index (χ4n) is 4.87. The van der Waals surface area contributed by atoms with Gasteiger partial charge < -0.3 is 9.64 Å². The monoisotopic (exact) mass is 507 g/mol. The first-order chi connectivity index (χ1) is 16.3. The summed E-state index contributed by atoms with van der Waals surface area (Å²) in [5.41, 5.74) is 0.592. The Morgan fingerprint density at radius 2 is 1.47 bits per heavy atom. The normalized spacial score (nSPS) is 23.6. The number of benzene rings is 3. The molecule has 178 valence electrons. The van der Waals surface area contributed by atoms with Gasteiger partial charge in [-0.15, -0.1) is 23.2 Å². The van der Waals surface area contributed by atoms with E-state index in [-0.39, 0.29) is 18.3 Å². The summed E-state index contributed by atoms with van der Waals surface area (Å²) in [5, 5.41) is 0.194. The highest BCUT2D eigenvalue weighted by Gasteiger charge is 2.68. The number of amides is 1. The molecule has 34 heavy (non-hydrogen) atoms. The molecular formula is C26H22Cl2F3NO2. The lowest BCUT2D eigenvalue weighted by molar-refractivity contribution is -0.227. The molecule has 3 aromatic carbocycles. The summed E-state index contributed by atoms with van der Waals surface area (Å²) in [4.78, 5) is 15.2. The van der Waals surface area contributed by atoms with E-state index in [9.17, 15) is 18.0 Å². The van der Waals surface area contributed by atoms with Gasteiger partial charge in [0.05, 0.1) is 18.0 Å². The van der Waals surface area contributed by atoms with Crippen LogP contribution < -0.4 is 4.90 Å². The molecule has 3 nitrogen and oxygen atoms in total. The number of ether oxygens (including phenoxy) is 1. The Balaban J connectivity index is 0.000000868. The standard InChI is InChI=1S/C25H20F3NO2.CH2Cl2/c26-25(27,28)22-24(15-21(31-22)18-11-5-2-6-12-18)19-13-7-8-14-20(19)29(23(24)30)16-17-9-3-1-4-10-17;2-1-3/h1-14,21-22H,15-16H2;1H2/t21-,22+,24-;/m0./s1. The lowest BCUT2D eigenvalue weighted by Gasteiger charge is -2.30. The van der Waals surface area contributed by atoms with Crippen LogP contribution in [0.5, 0.6) is 0 Å². The molecule has 3 atom stereocenters. The van der Waals surface area contributed by atoms with Crippen LogP contribution in [-0.2, 0) is 21.5 Å².